The van der Waals surface area contributed by atoms with Crippen molar-refractivity contribution in [1.82, 2.24) is 9.99 Å². The second-order valence-corrected chi connectivity index (χ2v) is 10.7. The largest absolute Gasteiger partial charge is 0.462 e. The standard InChI is InChI=1S/C22H27N3O3S2/c1-5-28-21(27)18-8-6-7-9-19(18)25-15(2)12-17(16(25)3)14-23-24-20(26)13-22(4)29-10-11-30-22/h6-9,12,14H,5,10-11,13H2,1-4H3,(H,24,26)/b23-14-. The SMILES string of the molecule is CCOC(=O)c1ccccc1-n1c(C)cc(/C=N\NC(=O)CC2(C)SCCS2)c1C. The minimum Gasteiger partial charge on any atom is -0.462 e. The molecule has 1 N–H and O–H groups in total. The Morgan fingerprint density at radius 2 is 1.97 bits per heavy atom. The number of rotatable bonds is 7. The molecule has 30 heavy (non-hydrogen) atoms. The van der Waals surface area contributed by atoms with Gasteiger partial charge in [0.15, 0.2) is 0 Å². The molecule has 6 nitrogen and oxygen atoms in total. The highest BCUT2D eigenvalue weighted by Gasteiger charge is 2.32. The van der Waals surface area contributed by atoms with Crippen LogP contribution in [0.2, 0.25) is 0 Å². The third-order valence-electron chi connectivity index (χ3n) is 4.88. The molecule has 2 aromatic rings. The van der Waals surface area contributed by atoms with E-state index in [1.807, 2.05) is 66.2 Å². The molecule has 0 unspecified atom stereocenters. The second-order valence-electron chi connectivity index (χ2n) is 7.20. The van der Waals surface area contributed by atoms with Crippen molar-refractivity contribution in [3.05, 3.63) is 52.8 Å². The fourth-order valence-electron chi connectivity index (χ4n) is 3.50. The summed E-state index contributed by atoms with van der Waals surface area (Å²) in [6, 6.07) is 9.36. The molecular formula is C22H27N3O3S2. The van der Waals surface area contributed by atoms with Crippen molar-refractivity contribution in [2.24, 2.45) is 5.10 Å². The molecule has 0 bridgehead atoms. The van der Waals surface area contributed by atoms with E-state index in [0.717, 1.165) is 34.1 Å². The van der Waals surface area contributed by atoms with Gasteiger partial charge in [-0.1, -0.05) is 12.1 Å². The maximum Gasteiger partial charge on any atom is 0.340 e. The smallest absolute Gasteiger partial charge is 0.340 e. The van der Waals surface area contributed by atoms with Crippen molar-refractivity contribution in [3.63, 3.8) is 0 Å². The van der Waals surface area contributed by atoms with Crippen LogP contribution in [-0.2, 0) is 9.53 Å². The fraction of sp³-hybridized carbons (Fsp3) is 0.409. The number of aromatic nitrogens is 1. The van der Waals surface area contributed by atoms with Crippen LogP contribution in [0.25, 0.3) is 5.69 Å². The van der Waals surface area contributed by atoms with Crippen LogP contribution >= 0.6 is 23.5 Å². The summed E-state index contributed by atoms with van der Waals surface area (Å²) in [5, 5.41) is 4.16. The van der Waals surface area contributed by atoms with E-state index < -0.39 is 0 Å². The van der Waals surface area contributed by atoms with E-state index in [2.05, 4.69) is 17.5 Å². The Balaban J connectivity index is 1.77. The Labute approximate surface area is 185 Å². The van der Waals surface area contributed by atoms with E-state index in [9.17, 15) is 9.59 Å². The number of esters is 1. The molecule has 0 aliphatic carbocycles. The van der Waals surface area contributed by atoms with Gasteiger partial charge in [0, 0.05) is 28.5 Å². The zero-order valence-corrected chi connectivity index (χ0v) is 19.4. The summed E-state index contributed by atoms with van der Waals surface area (Å²) in [5.74, 6) is 1.73. The summed E-state index contributed by atoms with van der Waals surface area (Å²) >= 11 is 3.65. The van der Waals surface area contributed by atoms with Crippen LogP contribution in [0.3, 0.4) is 0 Å². The first kappa shape index (κ1) is 22.5. The lowest BCUT2D eigenvalue weighted by Crippen LogP contribution is -2.26. The first-order chi connectivity index (χ1) is 14.3. The van der Waals surface area contributed by atoms with Crippen LogP contribution in [0.5, 0.6) is 0 Å². The van der Waals surface area contributed by atoms with Crippen LogP contribution < -0.4 is 5.43 Å². The lowest BCUT2D eigenvalue weighted by atomic mass is 10.1. The highest BCUT2D eigenvalue weighted by molar-refractivity contribution is 8.21. The van der Waals surface area contributed by atoms with Crippen LogP contribution in [0.1, 0.15) is 47.6 Å². The molecule has 1 fully saturated rings. The number of nitrogens with one attached hydrogen (secondary N) is 1. The van der Waals surface area contributed by atoms with Crippen molar-refractivity contribution < 1.29 is 14.3 Å². The van der Waals surface area contributed by atoms with E-state index in [4.69, 9.17) is 4.74 Å². The van der Waals surface area contributed by atoms with Gasteiger partial charge in [0.25, 0.3) is 0 Å². The number of thioether (sulfide) groups is 2. The van der Waals surface area contributed by atoms with Gasteiger partial charge in [0.05, 0.1) is 34.6 Å². The Kier molecular flexibility index (Phi) is 7.31. The number of hydrogen-bond donors (Lipinski definition) is 1. The minimum absolute atomic E-state index is 0.0632. The molecule has 0 saturated carbocycles. The molecule has 1 aromatic heterocycles. The molecule has 2 heterocycles. The van der Waals surface area contributed by atoms with Gasteiger partial charge in [0.1, 0.15) is 0 Å². The van der Waals surface area contributed by atoms with Crippen molar-refractivity contribution in [2.45, 2.75) is 38.2 Å². The van der Waals surface area contributed by atoms with E-state index in [1.165, 1.54) is 0 Å². The van der Waals surface area contributed by atoms with Gasteiger partial charge in [-0.15, -0.1) is 23.5 Å². The summed E-state index contributed by atoms with van der Waals surface area (Å²) in [7, 11) is 0. The quantitative estimate of drug-likeness (QED) is 0.391. The van der Waals surface area contributed by atoms with Crippen molar-refractivity contribution in [2.75, 3.05) is 18.1 Å². The van der Waals surface area contributed by atoms with Crippen LogP contribution in [-0.4, -0.2) is 44.8 Å². The van der Waals surface area contributed by atoms with Crippen molar-refractivity contribution in [3.8, 4) is 5.69 Å². The van der Waals surface area contributed by atoms with Gasteiger partial charge in [-0.25, -0.2) is 10.2 Å². The second kappa shape index (κ2) is 9.75. The monoisotopic (exact) mass is 445 g/mol. The number of hydrazone groups is 1. The van der Waals surface area contributed by atoms with Gasteiger partial charge in [-0.05, 0) is 45.9 Å². The Morgan fingerprint density at radius 3 is 2.67 bits per heavy atom. The molecule has 8 heteroatoms. The third-order valence-corrected chi connectivity index (χ3v) is 8.18. The van der Waals surface area contributed by atoms with Gasteiger partial charge in [0.2, 0.25) is 5.91 Å². The van der Waals surface area contributed by atoms with E-state index in [1.54, 1.807) is 19.2 Å². The Morgan fingerprint density at radius 1 is 1.27 bits per heavy atom. The molecule has 1 aromatic carbocycles. The summed E-state index contributed by atoms with van der Waals surface area (Å²) in [6.45, 7) is 8.16. The summed E-state index contributed by atoms with van der Waals surface area (Å²) in [5.41, 5.74) is 6.68. The number of nitrogens with zero attached hydrogens (tertiary/aromatic N) is 2. The summed E-state index contributed by atoms with van der Waals surface area (Å²) < 4.78 is 7.14. The van der Waals surface area contributed by atoms with E-state index >= 15 is 0 Å². The van der Waals surface area contributed by atoms with Crippen molar-refractivity contribution in [1.29, 1.82) is 0 Å². The number of benzene rings is 1. The zero-order valence-electron chi connectivity index (χ0n) is 17.7. The van der Waals surface area contributed by atoms with Crippen LogP contribution in [0.15, 0.2) is 35.4 Å². The number of carbonyl (C=O) groups excluding carboxylic acids is 2. The Bertz CT molecular complexity index is 963. The highest BCUT2D eigenvalue weighted by Crippen LogP contribution is 2.45. The van der Waals surface area contributed by atoms with Crippen molar-refractivity contribution >= 4 is 41.6 Å². The predicted octanol–water partition coefficient (Wildman–Crippen LogP) is 4.31. The molecule has 1 amide bonds. The molecule has 0 spiro atoms. The number of amides is 1. The molecule has 1 aliphatic rings. The summed E-state index contributed by atoms with van der Waals surface area (Å²) in [6.07, 6.45) is 2.09. The number of carbonyl (C=O) groups is 2. The average Bonchev–Trinajstić information content (AvgIpc) is 3.25. The highest BCUT2D eigenvalue weighted by atomic mass is 32.2. The third kappa shape index (κ3) is 5.10. The predicted molar refractivity (Wildman–Crippen MR) is 125 cm³/mol. The van der Waals surface area contributed by atoms with E-state index in [-0.39, 0.29) is 16.0 Å². The van der Waals surface area contributed by atoms with Gasteiger partial charge in [-0.3, -0.25) is 4.79 Å². The van der Waals surface area contributed by atoms with Crippen LogP contribution in [0, 0.1) is 13.8 Å². The van der Waals surface area contributed by atoms with Gasteiger partial charge < -0.3 is 9.30 Å². The average molecular weight is 446 g/mol. The normalized spacial score (nSPS) is 15.5. The lowest BCUT2D eigenvalue weighted by molar-refractivity contribution is -0.121. The molecule has 160 valence electrons. The molecule has 1 aliphatic heterocycles. The summed E-state index contributed by atoms with van der Waals surface area (Å²) in [4.78, 5) is 24.6. The Hall–Kier alpha value is -2.19. The first-order valence-corrected chi connectivity index (χ1v) is 11.9. The molecule has 0 atom stereocenters. The number of hydrogen-bond acceptors (Lipinski definition) is 6. The number of aryl methyl sites for hydroxylation is 1. The minimum atomic E-state index is -0.348. The molecule has 1 saturated heterocycles. The maximum absolute atomic E-state index is 12.4. The van der Waals surface area contributed by atoms with Gasteiger partial charge >= 0.3 is 5.97 Å². The zero-order chi connectivity index (χ0) is 21.7. The molecule has 0 radical (unpaired) electrons. The van der Waals surface area contributed by atoms with Gasteiger partial charge in [-0.2, -0.15) is 5.10 Å². The topological polar surface area (TPSA) is 72.7 Å². The molecule has 3 rings (SSSR count). The lowest BCUT2D eigenvalue weighted by Gasteiger charge is -2.19. The van der Waals surface area contributed by atoms with E-state index in [0.29, 0.717) is 18.6 Å². The first-order valence-electron chi connectivity index (χ1n) is 9.90. The molecular weight excluding hydrogens is 418 g/mol. The number of para-hydroxylation sites is 1. The fourth-order valence-corrected chi connectivity index (χ4v) is 6.33. The maximum atomic E-state index is 12.4. The number of ether oxygens (including phenoxy) is 1. The van der Waals surface area contributed by atoms with Crippen LogP contribution in [0.4, 0.5) is 0 Å².